The van der Waals surface area contributed by atoms with Crippen LogP contribution in [0.1, 0.15) is 42.9 Å². The molecule has 0 saturated carbocycles. The van der Waals surface area contributed by atoms with Gasteiger partial charge in [0.25, 0.3) is 0 Å². The summed E-state index contributed by atoms with van der Waals surface area (Å²) in [5, 5.41) is 0. The van der Waals surface area contributed by atoms with Crippen molar-refractivity contribution in [1.82, 2.24) is 9.55 Å². The smallest absolute Gasteiger partial charge is 0.471 e. The molecule has 212 valence electrons. The number of amides is 1. The Labute approximate surface area is 231 Å². The molecule has 2 aliphatic heterocycles. The molecule has 3 heterocycles. The third-order valence-corrected chi connectivity index (χ3v) is 7.18. The van der Waals surface area contributed by atoms with Crippen LogP contribution in [0.25, 0.3) is 16.7 Å². The Balaban J connectivity index is 1.45. The van der Waals surface area contributed by atoms with E-state index in [1.165, 1.54) is 43.3 Å². The number of carbonyl (C=O) groups excluding carboxylic acids is 2. The second-order valence-electron chi connectivity index (χ2n) is 9.90. The van der Waals surface area contributed by atoms with Crippen molar-refractivity contribution < 1.29 is 41.4 Å². The van der Waals surface area contributed by atoms with Crippen molar-refractivity contribution >= 4 is 28.6 Å². The summed E-state index contributed by atoms with van der Waals surface area (Å²) >= 11 is 0. The number of hydrogen-bond acceptors (Lipinski definition) is 6. The van der Waals surface area contributed by atoms with Gasteiger partial charge in [-0.25, -0.2) is 9.37 Å². The molecule has 3 aromatic carbocycles. The molecule has 0 fully saturated rings. The van der Waals surface area contributed by atoms with Crippen LogP contribution in [0.4, 0.5) is 23.2 Å². The molecular formula is C29H23F4N3O5. The molecule has 0 N–H and O–H groups in total. The summed E-state index contributed by atoms with van der Waals surface area (Å²) in [4.78, 5) is 29.5. The molecule has 0 bridgehead atoms. The largest absolute Gasteiger partial charge is 0.488 e. The first kappa shape index (κ1) is 26.6. The number of carbonyl (C=O) groups is 2. The zero-order valence-corrected chi connectivity index (χ0v) is 22.0. The van der Waals surface area contributed by atoms with E-state index in [0.717, 1.165) is 0 Å². The number of esters is 1. The van der Waals surface area contributed by atoms with Crippen LogP contribution in [0.2, 0.25) is 0 Å². The van der Waals surface area contributed by atoms with Crippen LogP contribution in [0.3, 0.4) is 0 Å². The van der Waals surface area contributed by atoms with Gasteiger partial charge in [0.15, 0.2) is 6.10 Å². The van der Waals surface area contributed by atoms with Crippen LogP contribution in [0.15, 0.2) is 54.6 Å². The SMILES string of the molecule is CC(=O)O[C@H]1c2ccc(N(C(=O)C(F)(F)F)[C@@H]3COc4c3cccc4-n3c(C)nc4ccc(F)cc43)cc2OC1C. The maximum Gasteiger partial charge on any atom is 0.471 e. The molecule has 0 spiro atoms. The Morgan fingerprint density at radius 3 is 2.61 bits per heavy atom. The lowest BCUT2D eigenvalue weighted by Crippen LogP contribution is -2.44. The Morgan fingerprint density at radius 1 is 1.10 bits per heavy atom. The number of para-hydroxylation sites is 1. The van der Waals surface area contributed by atoms with E-state index in [1.54, 1.807) is 36.6 Å². The average molecular weight is 570 g/mol. The van der Waals surface area contributed by atoms with Crippen molar-refractivity contribution in [3.05, 3.63) is 77.4 Å². The number of nitrogens with zero attached hydrogens (tertiary/aromatic N) is 3. The number of benzene rings is 3. The minimum Gasteiger partial charge on any atom is -0.488 e. The zero-order chi connectivity index (χ0) is 29.2. The van der Waals surface area contributed by atoms with Gasteiger partial charge in [-0.05, 0) is 44.2 Å². The van der Waals surface area contributed by atoms with Gasteiger partial charge in [-0.3, -0.25) is 19.1 Å². The van der Waals surface area contributed by atoms with E-state index < -0.39 is 42.1 Å². The van der Waals surface area contributed by atoms with Crippen molar-refractivity contribution in [2.24, 2.45) is 0 Å². The molecule has 6 rings (SSSR count). The molecule has 4 aromatic rings. The number of aryl methyl sites for hydroxylation is 1. The molecule has 1 amide bonds. The molecule has 3 atom stereocenters. The van der Waals surface area contributed by atoms with Crippen LogP contribution >= 0.6 is 0 Å². The van der Waals surface area contributed by atoms with E-state index in [9.17, 15) is 27.2 Å². The third kappa shape index (κ3) is 4.43. The maximum atomic E-state index is 14.1. The van der Waals surface area contributed by atoms with E-state index in [0.29, 0.717) is 38.6 Å². The lowest BCUT2D eigenvalue weighted by Gasteiger charge is -2.29. The molecule has 0 radical (unpaired) electrons. The number of fused-ring (bicyclic) bond motifs is 3. The summed E-state index contributed by atoms with van der Waals surface area (Å²) in [6, 6.07) is 12.1. The molecule has 1 aromatic heterocycles. The number of imidazole rings is 1. The van der Waals surface area contributed by atoms with Gasteiger partial charge in [-0.15, -0.1) is 0 Å². The molecule has 0 saturated heterocycles. The minimum absolute atomic E-state index is 0.0695. The van der Waals surface area contributed by atoms with Gasteiger partial charge >= 0.3 is 18.1 Å². The number of ether oxygens (including phenoxy) is 3. The number of anilines is 1. The third-order valence-electron chi connectivity index (χ3n) is 7.18. The summed E-state index contributed by atoms with van der Waals surface area (Å²) in [7, 11) is 0. The van der Waals surface area contributed by atoms with Crippen molar-refractivity contribution in [3.63, 3.8) is 0 Å². The Kier molecular flexibility index (Phi) is 6.16. The van der Waals surface area contributed by atoms with Crippen molar-refractivity contribution in [3.8, 4) is 17.2 Å². The fourth-order valence-electron chi connectivity index (χ4n) is 5.51. The van der Waals surface area contributed by atoms with Gasteiger partial charge in [0.05, 0.1) is 22.8 Å². The van der Waals surface area contributed by atoms with Crippen molar-refractivity contribution in [2.45, 2.75) is 45.2 Å². The van der Waals surface area contributed by atoms with Crippen LogP contribution in [0, 0.1) is 12.7 Å². The Morgan fingerprint density at radius 2 is 1.88 bits per heavy atom. The highest BCUT2D eigenvalue weighted by molar-refractivity contribution is 5.98. The first-order valence-corrected chi connectivity index (χ1v) is 12.7. The highest BCUT2D eigenvalue weighted by Gasteiger charge is 2.48. The number of alkyl halides is 3. The number of rotatable bonds is 4. The van der Waals surface area contributed by atoms with Gasteiger partial charge < -0.3 is 14.2 Å². The number of aromatic nitrogens is 2. The summed E-state index contributed by atoms with van der Waals surface area (Å²) in [5.41, 5.74) is 2.19. The van der Waals surface area contributed by atoms with Gasteiger partial charge in [0.1, 0.15) is 35.9 Å². The predicted octanol–water partition coefficient (Wildman–Crippen LogP) is 5.89. The predicted molar refractivity (Wildman–Crippen MR) is 139 cm³/mol. The summed E-state index contributed by atoms with van der Waals surface area (Å²) < 4.78 is 74.7. The van der Waals surface area contributed by atoms with Gasteiger partial charge in [0, 0.05) is 35.9 Å². The second kappa shape index (κ2) is 9.50. The topological polar surface area (TPSA) is 82.9 Å². The van der Waals surface area contributed by atoms with E-state index in [1.807, 2.05) is 0 Å². The van der Waals surface area contributed by atoms with Gasteiger partial charge in [0.2, 0.25) is 0 Å². The standard InChI is InChI=1S/C29H23F4N3O5/c1-14-26(41-16(3)37)20-9-8-18(12-25(20)40-14)36(28(38)29(31,32)33)24-13-39-27-19(24)5-4-6-22(27)35-15(2)34-21-10-7-17(30)11-23(21)35/h4-12,14,24,26H,13H2,1-3H3/t14?,24-,26-/m1/s1. The molecule has 8 nitrogen and oxygen atoms in total. The highest BCUT2D eigenvalue weighted by Crippen LogP contribution is 2.47. The van der Waals surface area contributed by atoms with E-state index >= 15 is 0 Å². The van der Waals surface area contributed by atoms with E-state index in [4.69, 9.17) is 14.2 Å². The van der Waals surface area contributed by atoms with E-state index in [2.05, 4.69) is 4.98 Å². The average Bonchev–Trinajstić information content (AvgIpc) is 3.56. The fourth-order valence-corrected chi connectivity index (χ4v) is 5.51. The molecule has 2 aliphatic rings. The Bertz CT molecular complexity index is 1720. The lowest BCUT2D eigenvalue weighted by molar-refractivity contribution is -0.171. The van der Waals surface area contributed by atoms with Crippen LogP contribution in [-0.4, -0.2) is 40.3 Å². The summed E-state index contributed by atoms with van der Waals surface area (Å²) in [6.07, 6.45) is -6.51. The monoisotopic (exact) mass is 569 g/mol. The quantitative estimate of drug-likeness (QED) is 0.225. The van der Waals surface area contributed by atoms with Crippen molar-refractivity contribution in [1.29, 1.82) is 0 Å². The second-order valence-corrected chi connectivity index (χ2v) is 9.90. The fraction of sp³-hybridized carbons (Fsp3) is 0.276. The van der Waals surface area contributed by atoms with Crippen LogP contribution in [0.5, 0.6) is 11.5 Å². The number of hydrogen-bond donors (Lipinski definition) is 0. The summed E-state index contributed by atoms with van der Waals surface area (Å²) in [5.74, 6) is -2.12. The Hall–Kier alpha value is -4.61. The first-order chi connectivity index (χ1) is 19.4. The van der Waals surface area contributed by atoms with Crippen molar-refractivity contribution in [2.75, 3.05) is 11.5 Å². The van der Waals surface area contributed by atoms with Gasteiger partial charge in [-0.2, -0.15) is 13.2 Å². The van der Waals surface area contributed by atoms with Gasteiger partial charge in [-0.1, -0.05) is 12.1 Å². The molecule has 0 aliphatic carbocycles. The van der Waals surface area contributed by atoms with Crippen LogP contribution in [-0.2, 0) is 14.3 Å². The zero-order valence-electron chi connectivity index (χ0n) is 22.0. The van der Waals surface area contributed by atoms with Crippen LogP contribution < -0.4 is 14.4 Å². The number of halogens is 4. The molecule has 12 heteroatoms. The first-order valence-electron chi connectivity index (χ1n) is 12.7. The maximum absolute atomic E-state index is 14.1. The van der Waals surface area contributed by atoms with E-state index in [-0.39, 0.29) is 23.8 Å². The molecule has 41 heavy (non-hydrogen) atoms. The molecule has 1 unspecified atom stereocenters. The lowest BCUT2D eigenvalue weighted by atomic mass is 10.0. The normalized spacial score (nSPS) is 19.3. The minimum atomic E-state index is -5.19. The summed E-state index contributed by atoms with van der Waals surface area (Å²) in [6.45, 7) is 4.37. The molecular weight excluding hydrogens is 546 g/mol. The highest BCUT2D eigenvalue weighted by atomic mass is 19.4.